The molecule has 1 aromatic heterocycles. The van der Waals surface area contributed by atoms with Crippen molar-refractivity contribution < 1.29 is 15.0 Å². The van der Waals surface area contributed by atoms with E-state index in [1.54, 1.807) is 24.3 Å². The molecule has 0 aliphatic carbocycles. The Morgan fingerprint density at radius 2 is 2.00 bits per heavy atom. The molecule has 2 aromatic carbocycles. The van der Waals surface area contributed by atoms with E-state index in [0.29, 0.717) is 36.2 Å². The highest BCUT2D eigenvalue weighted by Crippen LogP contribution is 2.34. The first-order valence-electron chi connectivity index (χ1n) is 8.30. The molecule has 10 heteroatoms. The molecule has 0 unspecified atom stereocenters. The van der Waals surface area contributed by atoms with E-state index < -0.39 is 5.97 Å². The summed E-state index contributed by atoms with van der Waals surface area (Å²) in [5.41, 5.74) is 1.48. The van der Waals surface area contributed by atoms with Crippen molar-refractivity contribution in [2.75, 3.05) is 0 Å². The number of hydrogen-bond donors (Lipinski definition) is 2. The van der Waals surface area contributed by atoms with Crippen LogP contribution in [0.5, 0.6) is 5.75 Å². The van der Waals surface area contributed by atoms with Crippen LogP contribution >= 0.6 is 61.9 Å². The first kappa shape index (κ1) is 22.1. The summed E-state index contributed by atoms with van der Waals surface area (Å²) in [6.45, 7) is 2.51. The minimum absolute atomic E-state index is 0.0862. The van der Waals surface area contributed by atoms with Crippen molar-refractivity contribution in [2.45, 2.75) is 18.6 Å². The summed E-state index contributed by atoms with van der Waals surface area (Å²) >= 11 is 12.2. The first-order valence-corrected chi connectivity index (χ1v) is 11.4. The fourth-order valence-electron chi connectivity index (χ4n) is 2.51. The van der Waals surface area contributed by atoms with Gasteiger partial charge in [-0.2, -0.15) is 0 Å². The number of nitrogens with zero attached hydrogens (tertiary/aromatic N) is 3. The van der Waals surface area contributed by atoms with Gasteiger partial charge >= 0.3 is 5.97 Å². The number of carbonyl (C=O) groups is 1. The summed E-state index contributed by atoms with van der Waals surface area (Å²) in [5, 5.41) is 29.1. The molecule has 150 valence electrons. The highest BCUT2D eigenvalue weighted by atomic mass is 127. The number of hydrogen-bond acceptors (Lipinski definition) is 5. The van der Waals surface area contributed by atoms with Crippen LogP contribution in [0, 0.1) is 3.57 Å². The lowest BCUT2D eigenvalue weighted by atomic mass is 10.2. The van der Waals surface area contributed by atoms with Gasteiger partial charge in [0, 0.05) is 17.1 Å². The fourth-order valence-corrected chi connectivity index (χ4v) is 5.03. The van der Waals surface area contributed by atoms with Gasteiger partial charge in [0.1, 0.15) is 10.7 Å². The van der Waals surface area contributed by atoms with Crippen molar-refractivity contribution in [1.82, 2.24) is 14.8 Å². The Bertz CT molecular complexity index is 1080. The number of thioether (sulfide) groups is 1. The molecule has 29 heavy (non-hydrogen) atoms. The molecule has 3 rings (SSSR count). The number of rotatable bonds is 6. The van der Waals surface area contributed by atoms with Crippen LogP contribution in [0.3, 0.4) is 0 Å². The largest absolute Gasteiger partial charge is 0.506 e. The Morgan fingerprint density at radius 3 is 2.59 bits per heavy atom. The zero-order valence-corrected chi connectivity index (χ0v) is 20.3. The second-order valence-electron chi connectivity index (χ2n) is 5.81. The highest BCUT2D eigenvalue weighted by molar-refractivity contribution is 14.1. The molecule has 0 amide bonds. The van der Waals surface area contributed by atoms with Crippen molar-refractivity contribution in [3.05, 3.63) is 59.9 Å². The summed E-state index contributed by atoms with van der Waals surface area (Å²) in [5.74, 6) is -0.322. The van der Waals surface area contributed by atoms with Gasteiger partial charge in [-0.3, -0.25) is 0 Å². The van der Waals surface area contributed by atoms with Crippen LogP contribution in [0.2, 0.25) is 5.02 Å². The normalized spacial score (nSPS) is 11.7. The quantitative estimate of drug-likeness (QED) is 0.206. The van der Waals surface area contributed by atoms with Crippen molar-refractivity contribution in [2.24, 2.45) is 0 Å². The van der Waals surface area contributed by atoms with Gasteiger partial charge in [0.2, 0.25) is 0 Å². The molecule has 0 saturated heterocycles. The van der Waals surface area contributed by atoms with Gasteiger partial charge in [-0.1, -0.05) is 11.6 Å². The van der Waals surface area contributed by atoms with Gasteiger partial charge in [-0.15, -0.1) is 10.2 Å². The van der Waals surface area contributed by atoms with Crippen LogP contribution in [0.25, 0.3) is 17.5 Å². The number of halogens is 3. The summed E-state index contributed by atoms with van der Waals surface area (Å²) in [4.78, 5) is 11.9. The molecule has 0 atom stereocenters. The van der Waals surface area contributed by atoms with Gasteiger partial charge in [0.15, 0.2) is 11.0 Å². The Morgan fingerprint density at radius 1 is 1.31 bits per heavy atom. The summed E-state index contributed by atoms with van der Waals surface area (Å²) < 4.78 is 2.95. The zero-order chi connectivity index (χ0) is 21.1. The maximum atomic E-state index is 11.8. The van der Waals surface area contributed by atoms with Crippen molar-refractivity contribution >= 4 is 73.9 Å². The van der Waals surface area contributed by atoms with E-state index in [1.807, 2.05) is 46.2 Å². The third kappa shape index (κ3) is 5.14. The minimum atomic E-state index is -1.08. The molecule has 2 N–H and O–H groups in total. The van der Waals surface area contributed by atoms with Crippen LogP contribution in [-0.2, 0) is 11.3 Å². The summed E-state index contributed by atoms with van der Waals surface area (Å²) in [6.07, 6.45) is 1.54. The molecule has 0 spiro atoms. The topological polar surface area (TPSA) is 88.2 Å². The van der Waals surface area contributed by atoms with E-state index in [1.165, 1.54) is 6.08 Å². The number of aliphatic carboxylic acids is 1. The van der Waals surface area contributed by atoms with Crippen LogP contribution in [0.4, 0.5) is 0 Å². The highest BCUT2D eigenvalue weighted by Gasteiger charge is 2.18. The Kier molecular flexibility index (Phi) is 7.25. The Labute approximate surface area is 198 Å². The van der Waals surface area contributed by atoms with Crippen molar-refractivity contribution in [3.63, 3.8) is 0 Å². The molecule has 0 aliphatic rings. The molecule has 3 aromatic rings. The number of phenols is 1. The molecule has 0 saturated carbocycles. The van der Waals surface area contributed by atoms with Crippen LogP contribution in [-0.4, -0.2) is 30.9 Å². The lowest BCUT2D eigenvalue weighted by Gasteiger charge is -2.08. The standard InChI is InChI=1S/C19H14BrClIN3O3S/c1-2-25-17(11-3-5-12(21)6-4-11)23-24-19(25)29-15(18(27)28)9-10-7-13(20)16(26)14(22)8-10/h3-9,26H,2H2,1H3,(H,27,28)/b15-9-. The van der Waals surface area contributed by atoms with Crippen molar-refractivity contribution in [1.29, 1.82) is 0 Å². The van der Waals surface area contributed by atoms with E-state index in [2.05, 4.69) is 26.1 Å². The second kappa shape index (κ2) is 9.50. The first-order chi connectivity index (χ1) is 13.8. The van der Waals surface area contributed by atoms with Crippen LogP contribution < -0.4 is 0 Å². The number of aromatic nitrogens is 3. The molecule has 6 nitrogen and oxygen atoms in total. The smallest absolute Gasteiger partial charge is 0.342 e. The number of aromatic hydroxyl groups is 1. The predicted octanol–water partition coefficient (Wildman–Crippen LogP) is 5.91. The molecule has 0 bridgehead atoms. The van der Waals surface area contributed by atoms with E-state index in [4.69, 9.17) is 11.6 Å². The number of phenolic OH excluding ortho intramolecular Hbond substituents is 1. The van der Waals surface area contributed by atoms with E-state index in [0.717, 1.165) is 17.3 Å². The summed E-state index contributed by atoms with van der Waals surface area (Å²) in [7, 11) is 0. The number of carboxylic acids is 1. The molecule has 0 radical (unpaired) electrons. The van der Waals surface area contributed by atoms with Gasteiger partial charge in [0.25, 0.3) is 0 Å². The third-order valence-electron chi connectivity index (χ3n) is 3.88. The Balaban J connectivity index is 1.98. The number of carboxylic acid groups (broad SMARTS) is 1. The van der Waals surface area contributed by atoms with Gasteiger partial charge in [0.05, 0.1) is 8.04 Å². The lowest BCUT2D eigenvalue weighted by Crippen LogP contribution is -2.02. The van der Waals surface area contributed by atoms with E-state index in [-0.39, 0.29) is 10.7 Å². The minimum Gasteiger partial charge on any atom is -0.506 e. The molecular formula is C19H14BrClIN3O3S. The van der Waals surface area contributed by atoms with Crippen LogP contribution in [0.1, 0.15) is 12.5 Å². The second-order valence-corrected chi connectivity index (χ2v) is 9.27. The average Bonchev–Trinajstić information content (AvgIpc) is 3.08. The average molecular weight is 607 g/mol. The monoisotopic (exact) mass is 605 g/mol. The maximum Gasteiger partial charge on any atom is 0.342 e. The SMILES string of the molecule is CCn1c(S/C(=C\c2cc(Br)c(O)c(I)c2)C(=O)O)nnc1-c1ccc(Cl)cc1. The van der Waals surface area contributed by atoms with Gasteiger partial charge in [-0.05, 0) is 105 Å². The number of benzene rings is 2. The molecule has 1 heterocycles. The Hall–Kier alpha value is -1.56. The lowest BCUT2D eigenvalue weighted by molar-refractivity contribution is -0.131. The fraction of sp³-hybridized carbons (Fsp3) is 0.105. The van der Waals surface area contributed by atoms with Crippen LogP contribution in [0.15, 0.2) is 50.9 Å². The predicted molar refractivity (Wildman–Crippen MR) is 126 cm³/mol. The van der Waals surface area contributed by atoms with Gasteiger partial charge < -0.3 is 14.8 Å². The van der Waals surface area contributed by atoms with Crippen molar-refractivity contribution in [3.8, 4) is 17.1 Å². The molecule has 0 fully saturated rings. The van der Waals surface area contributed by atoms with Gasteiger partial charge in [-0.25, -0.2) is 4.79 Å². The zero-order valence-electron chi connectivity index (χ0n) is 14.9. The maximum absolute atomic E-state index is 11.8. The molecule has 0 aliphatic heterocycles. The van der Waals surface area contributed by atoms with E-state index >= 15 is 0 Å². The molecular weight excluding hydrogens is 593 g/mol. The van der Waals surface area contributed by atoms with E-state index in [9.17, 15) is 15.0 Å². The summed E-state index contributed by atoms with van der Waals surface area (Å²) in [6, 6.07) is 10.6. The third-order valence-corrected chi connectivity index (χ3v) is 6.56.